The predicted molar refractivity (Wildman–Crippen MR) is 236 cm³/mol. The molecule has 0 bridgehead atoms. The van der Waals surface area contributed by atoms with E-state index in [4.69, 9.17) is 4.98 Å². The van der Waals surface area contributed by atoms with Gasteiger partial charge in [-0.1, -0.05) is 0 Å². The van der Waals surface area contributed by atoms with Gasteiger partial charge in [0.25, 0.3) is 0 Å². The molecule has 2 nitrogen and oxygen atoms in total. The van der Waals surface area contributed by atoms with Crippen LogP contribution >= 0.6 is 12.1 Å². The number of aromatic nitrogens is 2. The molecule has 0 unspecified atom stereocenters. The topological polar surface area (TPSA) is 17.3 Å². The van der Waals surface area contributed by atoms with Crippen molar-refractivity contribution in [2.45, 2.75) is 0 Å². The number of pyridine rings is 1. The van der Waals surface area contributed by atoms with E-state index in [-0.39, 0.29) is 6.17 Å². The van der Waals surface area contributed by atoms with Gasteiger partial charge in [-0.15, -0.1) is 0 Å². The molecule has 0 aliphatic rings. The molecule has 10 aromatic rings. The summed E-state index contributed by atoms with van der Waals surface area (Å²) in [5.41, 5.74) is 4.36. The summed E-state index contributed by atoms with van der Waals surface area (Å²) in [5.74, 6) is -1.95. The molecule has 8 aromatic carbocycles. The van der Waals surface area contributed by atoms with Crippen molar-refractivity contribution in [2.75, 3.05) is 0 Å². The fourth-order valence-corrected chi connectivity index (χ4v) is 15.2. The van der Waals surface area contributed by atoms with Crippen LogP contribution in [0.1, 0.15) is 0 Å². The second-order valence-electron chi connectivity index (χ2n) is 12.9. The van der Waals surface area contributed by atoms with Gasteiger partial charge in [-0.3, -0.25) is 0 Å². The van der Waals surface area contributed by atoms with E-state index in [2.05, 4.69) is 235 Å². The van der Waals surface area contributed by atoms with Gasteiger partial charge in [-0.2, -0.15) is 0 Å². The second-order valence-corrected chi connectivity index (χ2v) is 23.5. The maximum absolute atomic E-state index is 5.13. The molecule has 10 rings (SSSR count). The van der Waals surface area contributed by atoms with Gasteiger partial charge in [-0.05, 0) is 0 Å². The first-order chi connectivity index (χ1) is 26.1. The second kappa shape index (κ2) is 14.6. The molecule has 0 saturated heterocycles. The Bertz CT molecular complexity index is 2830. The minimum atomic E-state index is -1.95. The molecule has 2 aromatic heterocycles. The van der Waals surface area contributed by atoms with Crippen LogP contribution in [0.3, 0.4) is 0 Å². The quantitative estimate of drug-likeness (QED) is 0.0960. The van der Waals surface area contributed by atoms with Gasteiger partial charge in [-0.25, -0.2) is 0 Å². The Morgan fingerprint density at radius 2 is 1.02 bits per heavy atom. The normalized spacial score (nSPS) is 11.6. The summed E-state index contributed by atoms with van der Waals surface area (Å²) in [5, 5.41) is 13.1. The van der Waals surface area contributed by atoms with Crippen LogP contribution in [0.2, 0.25) is 0 Å². The van der Waals surface area contributed by atoms with Gasteiger partial charge in [0, 0.05) is 0 Å². The van der Waals surface area contributed by atoms with Crippen molar-refractivity contribution in [3.05, 3.63) is 200 Å². The van der Waals surface area contributed by atoms with Crippen LogP contribution in [-0.4, -0.2) is 40.1 Å². The third-order valence-corrected chi connectivity index (χ3v) is 21.5. The van der Waals surface area contributed by atoms with Crippen molar-refractivity contribution in [2.24, 2.45) is 0 Å². The minimum absolute atomic E-state index is 0.296. The molecule has 0 aliphatic heterocycles. The van der Waals surface area contributed by atoms with E-state index in [1.165, 1.54) is 59.0 Å². The molecule has 0 radical (unpaired) electrons. The summed E-state index contributed by atoms with van der Waals surface area (Å²) in [6.07, 6.45) is -0.296. The average molecular weight is 847 g/mol. The van der Waals surface area contributed by atoms with Crippen molar-refractivity contribution in [1.29, 1.82) is 0 Å². The first kappa shape index (κ1) is 34.1. The number of benzene rings is 8. The number of fused-ring (bicyclic) bond motifs is 10. The van der Waals surface area contributed by atoms with Gasteiger partial charge in [0.1, 0.15) is 0 Å². The molecule has 0 spiro atoms. The molecule has 53 heavy (non-hydrogen) atoms. The summed E-state index contributed by atoms with van der Waals surface area (Å²) in [7, 11) is 0. The van der Waals surface area contributed by atoms with Crippen LogP contribution in [0.15, 0.2) is 200 Å². The van der Waals surface area contributed by atoms with E-state index in [0.29, 0.717) is 0 Å². The van der Waals surface area contributed by atoms with Crippen LogP contribution in [0.5, 0.6) is 0 Å². The number of imidazole rings is 1. The fourth-order valence-electron chi connectivity index (χ4n) is 7.33. The van der Waals surface area contributed by atoms with Crippen LogP contribution in [0.25, 0.3) is 49.1 Å². The molecule has 0 aliphatic carbocycles. The predicted octanol–water partition coefficient (Wildman–Crippen LogP) is 9.26. The molecule has 2 heterocycles. The Hall–Kier alpha value is -4.74. The summed E-state index contributed by atoms with van der Waals surface area (Å²) < 4.78 is 2.35. The average Bonchev–Trinajstić information content (AvgIpc) is 3.64. The molecular weight excluding hydrogens is 812 g/mol. The van der Waals surface area contributed by atoms with Crippen molar-refractivity contribution >= 4 is 118 Å². The van der Waals surface area contributed by atoms with Crippen molar-refractivity contribution in [3.63, 3.8) is 0 Å². The van der Waals surface area contributed by atoms with Gasteiger partial charge < -0.3 is 0 Å². The first-order valence-electron chi connectivity index (χ1n) is 17.6. The SMILES string of the molecule is [SeH][P+](c1ccccc1)(c1ccccc1)c1ccc2c(c1)c1c3ccccc3ccc1c1nc3ccccc3n21.[Se]=[P+](c1ccccc1)c1ccccc1. The van der Waals surface area contributed by atoms with Crippen LogP contribution in [0.4, 0.5) is 0 Å². The number of hydrogen-bond donors (Lipinski definition) is 0. The van der Waals surface area contributed by atoms with E-state index in [9.17, 15) is 0 Å². The van der Waals surface area contributed by atoms with Gasteiger partial charge in [0.15, 0.2) is 0 Å². The molecule has 6 heteroatoms. The Balaban J connectivity index is 0.000000224. The molecule has 0 amide bonds. The Kier molecular flexibility index (Phi) is 9.37. The monoisotopic (exact) mass is 848 g/mol. The molecule has 0 saturated carbocycles. The molecular formula is C47H34N2P2Se2+2. The zero-order valence-electron chi connectivity index (χ0n) is 28.7. The number of nitrogens with zero attached hydrogens (tertiary/aromatic N) is 2. The maximum atomic E-state index is 5.13. The Morgan fingerprint density at radius 1 is 0.472 bits per heavy atom. The zero-order chi connectivity index (χ0) is 35.8. The third-order valence-electron chi connectivity index (χ3n) is 9.84. The van der Waals surface area contributed by atoms with Gasteiger partial charge in [0.05, 0.1) is 0 Å². The van der Waals surface area contributed by atoms with Crippen molar-refractivity contribution in [1.82, 2.24) is 9.38 Å². The molecule has 0 N–H and O–H groups in total. The Morgan fingerprint density at radius 3 is 1.66 bits per heavy atom. The summed E-state index contributed by atoms with van der Waals surface area (Å²) >= 11 is 6.38. The number of hydrogen-bond acceptors (Lipinski definition) is 1. The molecule has 0 fully saturated rings. The third kappa shape index (κ3) is 6.17. The Labute approximate surface area is 325 Å². The zero-order valence-corrected chi connectivity index (χ0v) is 34.1. The van der Waals surface area contributed by atoms with Crippen molar-refractivity contribution < 1.29 is 0 Å². The van der Waals surface area contributed by atoms with Crippen LogP contribution in [-0.2, 0) is 0 Å². The summed E-state index contributed by atoms with van der Waals surface area (Å²) in [6.45, 7) is 0. The summed E-state index contributed by atoms with van der Waals surface area (Å²) in [4.78, 5) is 5.13. The van der Waals surface area contributed by atoms with Crippen LogP contribution < -0.4 is 26.5 Å². The molecule has 0 atom stereocenters. The van der Waals surface area contributed by atoms with E-state index < -0.39 is 5.95 Å². The van der Waals surface area contributed by atoms with Crippen LogP contribution in [0, 0.1) is 0 Å². The van der Waals surface area contributed by atoms with E-state index in [1.807, 2.05) is 0 Å². The van der Waals surface area contributed by atoms with E-state index in [0.717, 1.165) is 16.7 Å². The number of para-hydroxylation sites is 2. The molecule has 252 valence electrons. The number of rotatable bonds is 5. The van der Waals surface area contributed by atoms with E-state index >= 15 is 0 Å². The summed E-state index contributed by atoms with van der Waals surface area (Å²) in [6, 6.07) is 71.9. The van der Waals surface area contributed by atoms with Gasteiger partial charge in [0.2, 0.25) is 0 Å². The van der Waals surface area contributed by atoms with Gasteiger partial charge >= 0.3 is 328 Å². The van der Waals surface area contributed by atoms with E-state index in [1.54, 1.807) is 0 Å². The first-order valence-corrected chi connectivity index (χ1v) is 25.4. The van der Waals surface area contributed by atoms with Crippen molar-refractivity contribution in [3.8, 4) is 0 Å². The fraction of sp³-hybridized carbons (Fsp3) is 0. The standard InChI is InChI=1S/C35H24N2PSe.C12H10PSe/c39-38(25-12-3-1-4-13-25,26-14-5-2-6-15-26)27-20-22-32-30(23-27)34-28-16-8-7-11-24(28)19-21-29(34)35-36-31-17-9-10-18-33(31)37(32)35;14-13(11-7-3-1-4-8-11)12-9-5-2-6-10-12/h1-23,39H;1-10H/q2*+1.